The lowest BCUT2D eigenvalue weighted by Gasteiger charge is -2.31. The number of rotatable bonds is 5. The van der Waals surface area contributed by atoms with E-state index >= 15 is 0 Å². The molecule has 1 aromatic heterocycles. The molecule has 0 aliphatic carbocycles. The highest BCUT2D eigenvalue weighted by atomic mass is 16.4. The first-order valence-corrected chi connectivity index (χ1v) is 5.76. The Labute approximate surface area is 106 Å². The van der Waals surface area contributed by atoms with Crippen molar-refractivity contribution in [2.24, 2.45) is 5.41 Å². The van der Waals surface area contributed by atoms with Crippen LogP contribution in [0.3, 0.4) is 0 Å². The Balaban J connectivity index is 2.68. The van der Waals surface area contributed by atoms with Crippen LogP contribution in [0.15, 0.2) is 18.7 Å². The molecule has 0 bridgehead atoms. The van der Waals surface area contributed by atoms with Crippen molar-refractivity contribution in [1.29, 1.82) is 0 Å². The van der Waals surface area contributed by atoms with E-state index in [9.17, 15) is 9.59 Å². The summed E-state index contributed by atoms with van der Waals surface area (Å²) in [4.78, 5) is 25.9. The Morgan fingerprint density at radius 3 is 2.56 bits per heavy atom. The maximum absolute atomic E-state index is 11.5. The van der Waals surface area contributed by atoms with E-state index in [0.717, 1.165) is 0 Å². The third-order valence-electron chi connectivity index (χ3n) is 2.64. The summed E-state index contributed by atoms with van der Waals surface area (Å²) in [5.74, 6) is -1.59. The van der Waals surface area contributed by atoms with E-state index in [-0.39, 0.29) is 11.5 Å². The number of imidazole rings is 1. The lowest BCUT2D eigenvalue weighted by Crippen LogP contribution is -2.46. The molecule has 100 valence electrons. The third kappa shape index (κ3) is 4.57. The number of aliphatic carboxylic acids is 1. The minimum Gasteiger partial charge on any atom is -0.481 e. The third-order valence-corrected chi connectivity index (χ3v) is 2.64. The molecule has 18 heavy (non-hydrogen) atoms. The van der Waals surface area contributed by atoms with E-state index in [0.29, 0.717) is 6.54 Å². The van der Waals surface area contributed by atoms with Gasteiger partial charge < -0.3 is 15.0 Å². The summed E-state index contributed by atoms with van der Waals surface area (Å²) < 4.78 is 1.86. The predicted octanol–water partition coefficient (Wildman–Crippen LogP) is 0.889. The predicted molar refractivity (Wildman–Crippen MR) is 65.9 cm³/mol. The van der Waals surface area contributed by atoms with Crippen molar-refractivity contribution in [3.8, 4) is 0 Å². The Kier molecular flexibility index (Phi) is 4.47. The highest BCUT2D eigenvalue weighted by Crippen LogP contribution is 2.20. The summed E-state index contributed by atoms with van der Waals surface area (Å²) in [6.45, 7) is 6.55. The number of amides is 1. The summed E-state index contributed by atoms with van der Waals surface area (Å²) in [6, 6.07) is -0.154. The van der Waals surface area contributed by atoms with Crippen LogP contribution in [0.5, 0.6) is 0 Å². The van der Waals surface area contributed by atoms with Gasteiger partial charge in [0.15, 0.2) is 0 Å². The summed E-state index contributed by atoms with van der Waals surface area (Å²) in [6.07, 6.45) is 4.64. The molecule has 0 radical (unpaired) electrons. The molecule has 0 aliphatic rings. The van der Waals surface area contributed by atoms with E-state index in [1.54, 1.807) is 12.5 Å². The molecule has 1 aromatic rings. The van der Waals surface area contributed by atoms with Crippen LogP contribution in [0.1, 0.15) is 27.2 Å². The lowest BCUT2D eigenvalue weighted by atomic mass is 9.86. The average Bonchev–Trinajstić information content (AvgIpc) is 2.66. The number of carbonyl (C=O) groups is 2. The van der Waals surface area contributed by atoms with Crippen molar-refractivity contribution >= 4 is 11.9 Å². The van der Waals surface area contributed by atoms with Crippen LogP contribution in [0.2, 0.25) is 0 Å². The topological polar surface area (TPSA) is 84.2 Å². The first-order valence-electron chi connectivity index (χ1n) is 5.76. The molecule has 1 atom stereocenters. The molecule has 0 saturated heterocycles. The van der Waals surface area contributed by atoms with Crippen LogP contribution in [-0.2, 0) is 16.1 Å². The van der Waals surface area contributed by atoms with Gasteiger partial charge in [0.25, 0.3) is 0 Å². The minimum absolute atomic E-state index is 0.154. The van der Waals surface area contributed by atoms with Gasteiger partial charge in [0.1, 0.15) is 6.42 Å². The molecule has 0 spiro atoms. The zero-order valence-electron chi connectivity index (χ0n) is 10.9. The van der Waals surface area contributed by atoms with Crippen molar-refractivity contribution in [3.05, 3.63) is 18.7 Å². The number of carbonyl (C=O) groups excluding carboxylic acids is 1. The molecule has 0 aromatic carbocycles. The number of nitrogens with zero attached hydrogens (tertiary/aromatic N) is 2. The minimum atomic E-state index is -1.12. The summed E-state index contributed by atoms with van der Waals surface area (Å²) >= 11 is 0. The lowest BCUT2D eigenvalue weighted by molar-refractivity contribution is -0.141. The monoisotopic (exact) mass is 253 g/mol. The Bertz CT molecular complexity index is 407. The van der Waals surface area contributed by atoms with Gasteiger partial charge in [0.05, 0.1) is 12.4 Å². The van der Waals surface area contributed by atoms with Gasteiger partial charge in [-0.3, -0.25) is 9.59 Å². The molecule has 0 saturated carbocycles. The number of carboxylic acids is 1. The Morgan fingerprint density at radius 1 is 1.44 bits per heavy atom. The second kappa shape index (κ2) is 5.66. The van der Waals surface area contributed by atoms with Gasteiger partial charge in [-0.1, -0.05) is 20.8 Å². The maximum Gasteiger partial charge on any atom is 0.312 e. The van der Waals surface area contributed by atoms with Gasteiger partial charge >= 0.3 is 5.97 Å². The number of nitrogens with one attached hydrogen (secondary N) is 1. The number of hydrogen-bond donors (Lipinski definition) is 2. The standard InChI is InChI=1S/C12H19N3O3/c1-12(2,3)9(7-15-5-4-13-8-15)14-10(16)6-11(17)18/h4-5,8-9H,6-7H2,1-3H3,(H,14,16)(H,17,18). The fraction of sp³-hybridized carbons (Fsp3) is 0.583. The number of carboxylic acid groups (broad SMARTS) is 1. The number of aromatic nitrogens is 2. The maximum atomic E-state index is 11.5. The highest BCUT2D eigenvalue weighted by molar-refractivity contribution is 5.93. The van der Waals surface area contributed by atoms with Crippen LogP contribution >= 0.6 is 0 Å². The van der Waals surface area contributed by atoms with Gasteiger partial charge in [-0.05, 0) is 5.41 Å². The molecule has 6 heteroatoms. The molecule has 1 amide bonds. The smallest absolute Gasteiger partial charge is 0.312 e. The quantitative estimate of drug-likeness (QED) is 0.763. The van der Waals surface area contributed by atoms with E-state index < -0.39 is 18.3 Å². The fourth-order valence-electron chi connectivity index (χ4n) is 1.52. The normalized spacial score (nSPS) is 13.1. The molecule has 0 aliphatic heterocycles. The van der Waals surface area contributed by atoms with Crippen LogP contribution in [0.4, 0.5) is 0 Å². The van der Waals surface area contributed by atoms with Crippen LogP contribution < -0.4 is 5.32 Å². The second-order valence-electron chi connectivity index (χ2n) is 5.32. The second-order valence-corrected chi connectivity index (χ2v) is 5.32. The Morgan fingerprint density at radius 2 is 2.11 bits per heavy atom. The van der Waals surface area contributed by atoms with Crippen molar-refractivity contribution in [1.82, 2.24) is 14.9 Å². The van der Waals surface area contributed by atoms with Crippen molar-refractivity contribution in [2.45, 2.75) is 39.8 Å². The fourth-order valence-corrected chi connectivity index (χ4v) is 1.52. The van der Waals surface area contributed by atoms with Gasteiger partial charge in [0.2, 0.25) is 5.91 Å². The van der Waals surface area contributed by atoms with Crippen LogP contribution in [-0.4, -0.2) is 32.6 Å². The van der Waals surface area contributed by atoms with Crippen molar-refractivity contribution in [3.63, 3.8) is 0 Å². The Hall–Kier alpha value is -1.85. The number of hydrogen-bond acceptors (Lipinski definition) is 3. The van der Waals surface area contributed by atoms with Crippen LogP contribution in [0, 0.1) is 5.41 Å². The van der Waals surface area contributed by atoms with E-state index in [2.05, 4.69) is 10.3 Å². The summed E-state index contributed by atoms with van der Waals surface area (Å²) in [5, 5.41) is 11.3. The van der Waals surface area contributed by atoms with E-state index in [4.69, 9.17) is 5.11 Å². The molecular formula is C12H19N3O3. The summed E-state index contributed by atoms with van der Waals surface area (Å²) in [5.41, 5.74) is -0.168. The largest absolute Gasteiger partial charge is 0.481 e. The van der Waals surface area contributed by atoms with Crippen molar-refractivity contribution in [2.75, 3.05) is 0 Å². The zero-order valence-corrected chi connectivity index (χ0v) is 10.9. The zero-order chi connectivity index (χ0) is 13.8. The molecule has 1 heterocycles. The van der Waals surface area contributed by atoms with Gasteiger partial charge in [-0.25, -0.2) is 4.98 Å². The first-order chi connectivity index (χ1) is 8.29. The molecule has 2 N–H and O–H groups in total. The van der Waals surface area contributed by atoms with E-state index in [1.165, 1.54) is 0 Å². The molecule has 1 unspecified atom stereocenters. The van der Waals surface area contributed by atoms with E-state index in [1.807, 2.05) is 31.5 Å². The van der Waals surface area contributed by atoms with Crippen molar-refractivity contribution < 1.29 is 14.7 Å². The first kappa shape index (κ1) is 14.2. The SMILES string of the molecule is CC(C)(C)C(Cn1ccnc1)NC(=O)CC(=O)O. The van der Waals surface area contributed by atoms with Gasteiger partial charge in [0, 0.05) is 18.9 Å². The van der Waals surface area contributed by atoms with Gasteiger partial charge in [-0.2, -0.15) is 0 Å². The molecule has 0 fully saturated rings. The molecule has 6 nitrogen and oxygen atoms in total. The summed E-state index contributed by atoms with van der Waals surface area (Å²) in [7, 11) is 0. The molecular weight excluding hydrogens is 234 g/mol. The molecule has 1 rings (SSSR count). The highest BCUT2D eigenvalue weighted by Gasteiger charge is 2.27. The van der Waals surface area contributed by atoms with Gasteiger partial charge in [-0.15, -0.1) is 0 Å². The van der Waals surface area contributed by atoms with Crippen LogP contribution in [0.25, 0.3) is 0 Å². The average molecular weight is 253 g/mol.